The first-order chi connectivity index (χ1) is 10.1. The fourth-order valence-corrected chi connectivity index (χ4v) is 3.50. The summed E-state index contributed by atoms with van der Waals surface area (Å²) in [5.74, 6) is 0.816. The quantitative estimate of drug-likeness (QED) is 0.747. The van der Waals surface area contributed by atoms with E-state index in [0.29, 0.717) is 13.2 Å². The van der Waals surface area contributed by atoms with Crippen LogP contribution < -0.4 is 10.5 Å². The van der Waals surface area contributed by atoms with Crippen molar-refractivity contribution in [3.8, 4) is 5.75 Å². The molecule has 0 aliphatic carbocycles. The van der Waals surface area contributed by atoms with E-state index < -0.39 is 0 Å². The van der Waals surface area contributed by atoms with E-state index in [1.807, 2.05) is 16.9 Å². The second-order valence-corrected chi connectivity index (χ2v) is 6.59. The standard InChI is InChI=1S/C15H19Br2N3O/c1-2-12(18)8-11-9-13(16)15(14(17)10-11)21-7-6-20-5-3-4-19-20/h3-5,9-10,12H,2,6-8,18H2,1H3. The molecule has 1 unspecified atom stereocenters. The summed E-state index contributed by atoms with van der Waals surface area (Å²) in [6.45, 7) is 3.38. The van der Waals surface area contributed by atoms with Crippen molar-refractivity contribution in [1.29, 1.82) is 0 Å². The molecule has 1 heterocycles. The maximum Gasteiger partial charge on any atom is 0.147 e. The maximum absolute atomic E-state index is 6.01. The molecule has 0 bridgehead atoms. The van der Waals surface area contributed by atoms with Crippen molar-refractivity contribution in [2.75, 3.05) is 6.61 Å². The van der Waals surface area contributed by atoms with Gasteiger partial charge in [0, 0.05) is 18.4 Å². The summed E-state index contributed by atoms with van der Waals surface area (Å²) >= 11 is 7.14. The zero-order valence-electron chi connectivity index (χ0n) is 11.9. The summed E-state index contributed by atoms with van der Waals surface area (Å²) in [5.41, 5.74) is 7.20. The number of aromatic nitrogens is 2. The average molecular weight is 417 g/mol. The summed E-state index contributed by atoms with van der Waals surface area (Å²) < 4.78 is 9.57. The van der Waals surface area contributed by atoms with E-state index in [4.69, 9.17) is 10.5 Å². The van der Waals surface area contributed by atoms with Gasteiger partial charge in [-0.3, -0.25) is 4.68 Å². The van der Waals surface area contributed by atoms with Gasteiger partial charge in [-0.1, -0.05) is 6.92 Å². The maximum atomic E-state index is 6.01. The molecule has 1 aromatic carbocycles. The Bertz CT molecular complexity index is 549. The van der Waals surface area contributed by atoms with Gasteiger partial charge in [-0.25, -0.2) is 0 Å². The SMILES string of the molecule is CCC(N)Cc1cc(Br)c(OCCn2cccn2)c(Br)c1. The van der Waals surface area contributed by atoms with Crippen LogP contribution in [0.3, 0.4) is 0 Å². The lowest BCUT2D eigenvalue weighted by molar-refractivity contribution is 0.288. The lowest BCUT2D eigenvalue weighted by Gasteiger charge is -2.14. The average Bonchev–Trinajstić information content (AvgIpc) is 2.95. The molecule has 2 rings (SSSR count). The highest BCUT2D eigenvalue weighted by atomic mass is 79.9. The zero-order valence-corrected chi connectivity index (χ0v) is 15.1. The van der Waals surface area contributed by atoms with Gasteiger partial charge in [-0.15, -0.1) is 0 Å². The highest BCUT2D eigenvalue weighted by molar-refractivity contribution is 9.11. The monoisotopic (exact) mass is 415 g/mol. The third-order valence-electron chi connectivity index (χ3n) is 3.21. The van der Waals surface area contributed by atoms with E-state index in [1.54, 1.807) is 6.20 Å². The van der Waals surface area contributed by atoms with Crippen LogP contribution in [-0.2, 0) is 13.0 Å². The Morgan fingerprint density at radius 2 is 2.05 bits per heavy atom. The van der Waals surface area contributed by atoms with Gasteiger partial charge in [-0.05, 0) is 68.5 Å². The Kier molecular flexibility index (Phi) is 6.26. The van der Waals surface area contributed by atoms with E-state index in [9.17, 15) is 0 Å². The van der Waals surface area contributed by atoms with Crippen molar-refractivity contribution in [3.63, 3.8) is 0 Å². The number of halogens is 2. The molecule has 0 amide bonds. The van der Waals surface area contributed by atoms with Crippen LogP contribution in [-0.4, -0.2) is 22.4 Å². The molecule has 0 radical (unpaired) electrons. The van der Waals surface area contributed by atoms with Crippen LogP contribution in [0.15, 0.2) is 39.5 Å². The van der Waals surface area contributed by atoms with E-state index in [0.717, 1.165) is 27.5 Å². The summed E-state index contributed by atoms with van der Waals surface area (Å²) in [5, 5.41) is 4.15. The minimum atomic E-state index is 0.190. The number of nitrogens with zero attached hydrogens (tertiary/aromatic N) is 2. The number of hydrogen-bond donors (Lipinski definition) is 1. The molecule has 0 saturated carbocycles. The van der Waals surface area contributed by atoms with Crippen molar-refractivity contribution < 1.29 is 4.74 Å². The first kappa shape index (κ1) is 16.5. The van der Waals surface area contributed by atoms with Crippen LogP contribution in [0.5, 0.6) is 5.75 Å². The van der Waals surface area contributed by atoms with Crippen molar-refractivity contribution in [2.24, 2.45) is 5.73 Å². The second kappa shape index (κ2) is 7.96. The largest absolute Gasteiger partial charge is 0.489 e. The molecule has 114 valence electrons. The summed E-state index contributed by atoms with van der Waals surface area (Å²) in [6.07, 6.45) is 5.51. The molecule has 1 atom stereocenters. The minimum absolute atomic E-state index is 0.190. The first-order valence-corrected chi connectivity index (χ1v) is 8.52. The molecule has 0 saturated heterocycles. The molecule has 0 aliphatic heterocycles. The fraction of sp³-hybridized carbons (Fsp3) is 0.400. The smallest absolute Gasteiger partial charge is 0.147 e. The van der Waals surface area contributed by atoms with Crippen molar-refractivity contribution in [1.82, 2.24) is 9.78 Å². The number of ether oxygens (including phenoxy) is 1. The number of rotatable bonds is 7. The van der Waals surface area contributed by atoms with Crippen molar-refractivity contribution >= 4 is 31.9 Å². The molecule has 2 N–H and O–H groups in total. The fourth-order valence-electron chi connectivity index (χ4n) is 1.99. The van der Waals surface area contributed by atoms with Crippen LogP contribution >= 0.6 is 31.9 Å². The van der Waals surface area contributed by atoms with E-state index in [1.165, 1.54) is 5.56 Å². The first-order valence-electron chi connectivity index (χ1n) is 6.94. The summed E-state index contributed by atoms with van der Waals surface area (Å²) in [4.78, 5) is 0. The lowest BCUT2D eigenvalue weighted by atomic mass is 10.0. The van der Waals surface area contributed by atoms with E-state index >= 15 is 0 Å². The molecule has 0 aliphatic rings. The number of hydrogen-bond acceptors (Lipinski definition) is 3. The molecule has 2 aromatic rings. The summed E-state index contributed by atoms with van der Waals surface area (Å²) in [7, 11) is 0. The van der Waals surface area contributed by atoms with Crippen LogP contribution in [0.25, 0.3) is 0 Å². The third-order valence-corrected chi connectivity index (χ3v) is 4.38. The van der Waals surface area contributed by atoms with Crippen LogP contribution in [0.1, 0.15) is 18.9 Å². The van der Waals surface area contributed by atoms with E-state index in [2.05, 4.69) is 56.0 Å². The highest BCUT2D eigenvalue weighted by Gasteiger charge is 2.11. The molecule has 21 heavy (non-hydrogen) atoms. The van der Waals surface area contributed by atoms with Crippen molar-refractivity contribution in [3.05, 3.63) is 45.1 Å². The Morgan fingerprint density at radius 1 is 1.33 bits per heavy atom. The molecular formula is C15H19Br2N3O. The number of nitrogens with two attached hydrogens (primary N) is 1. The summed E-state index contributed by atoms with van der Waals surface area (Å²) in [6, 6.07) is 6.24. The lowest BCUT2D eigenvalue weighted by Crippen LogP contribution is -2.21. The van der Waals surface area contributed by atoms with Gasteiger partial charge in [0.05, 0.1) is 15.5 Å². The zero-order chi connectivity index (χ0) is 15.2. The van der Waals surface area contributed by atoms with Gasteiger partial charge in [-0.2, -0.15) is 5.10 Å². The Labute approximate surface area is 141 Å². The Balaban J connectivity index is 1.99. The Morgan fingerprint density at radius 3 is 2.62 bits per heavy atom. The molecular weight excluding hydrogens is 398 g/mol. The van der Waals surface area contributed by atoms with Crippen LogP contribution in [0, 0.1) is 0 Å². The molecule has 1 aromatic heterocycles. The molecule has 6 heteroatoms. The normalized spacial score (nSPS) is 12.4. The van der Waals surface area contributed by atoms with Gasteiger partial charge < -0.3 is 10.5 Å². The third kappa shape index (κ3) is 4.83. The molecule has 0 fully saturated rings. The van der Waals surface area contributed by atoms with Crippen molar-refractivity contribution in [2.45, 2.75) is 32.4 Å². The van der Waals surface area contributed by atoms with Crippen LogP contribution in [0.2, 0.25) is 0 Å². The van der Waals surface area contributed by atoms with Crippen LogP contribution in [0.4, 0.5) is 0 Å². The predicted molar refractivity (Wildman–Crippen MR) is 91.5 cm³/mol. The predicted octanol–water partition coefficient (Wildman–Crippen LogP) is 3.77. The van der Waals surface area contributed by atoms with Gasteiger partial charge in [0.25, 0.3) is 0 Å². The van der Waals surface area contributed by atoms with E-state index in [-0.39, 0.29) is 6.04 Å². The van der Waals surface area contributed by atoms with Gasteiger partial charge >= 0.3 is 0 Å². The highest BCUT2D eigenvalue weighted by Crippen LogP contribution is 2.35. The molecule has 4 nitrogen and oxygen atoms in total. The second-order valence-electron chi connectivity index (χ2n) is 4.88. The minimum Gasteiger partial charge on any atom is -0.489 e. The molecule has 0 spiro atoms. The topological polar surface area (TPSA) is 53.1 Å². The number of benzene rings is 1. The Hall–Kier alpha value is -0.850. The van der Waals surface area contributed by atoms with Gasteiger partial charge in [0.15, 0.2) is 0 Å². The van der Waals surface area contributed by atoms with Gasteiger partial charge in [0.1, 0.15) is 12.4 Å². The van der Waals surface area contributed by atoms with Gasteiger partial charge in [0.2, 0.25) is 0 Å².